The molecular formula is C15H24N2O2. The molecule has 106 valence electrons. The van der Waals surface area contributed by atoms with Gasteiger partial charge in [0.05, 0.1) is 11.7 Å². The standard InChI is InChI=1S/C15H24N2O2/c1-12(2)19-11-7-6-10-17-15(18)13-8-4-5-9-14(13)16-3/h4-5,8-9,12,16H,6-7,10-11H2,1-3H3,(H,17,18). The third-order valence-corrected chi connectivity index (χ3v) is 2.75. The second-order valence-electron chi connectivity index (χ2n) is 4.68. The van der Waals surface area contributed by atoms with Crippen LogP contribution in [0.25, 0.3) is 0 Å². The van der Waals surface area contributed by atoms with Crippen LogP contribution in [0.3, 0.4) is 0 Å². The number of benzene rings is 1. The fourth-order valence-electron chi connectivity index (χ4n) is 1.74. The first-order valence-electron chi connectivity index (χ1n) is 6.81. The van der Waals surface area contributed by atoms with Gasteiger partial charge in [-0.25, -0.2) is 0 Å². The summed E-state index contributed by atoms with van der Waals surface area (Å²) >= 11 is 0. The topological polar surface area (TPSA) is 50.4 Å². The minimum atomic E-state index is -0.0327. The Hall–Kier alpha value is -1.55. The number of amides is 1. The smallest absolute Gasteiger partial charge is 0.253 e. The number of ether oxygens (including phenoxy) is 1. The van der Waals surface area contributed by atoms with E-state index in [0.717, 1.165) is 25.1 Å². The maximum Gasteiger partial charge on any atom is 0.253 e. The number of carbonyl (C=O) groups is 1. The van der Waals surface area contributed by atoms with Gasteiger partial charge in [0, 0.05) is 25.9 Å². The molecule has 2 N–H and O–H groups in total. The van der Waals surface area contributed by atoms with Gasteiger partial charge in [-0.15, -0.1) is 0 Å². The maximum atomic E-state index is 12.0. The minimum Gasteiger partial charge on any atom is -0.387 e. The molecular weight excluding hydrogens is 240 g/mol. The Bertz CT molecular complexity index is 391. The van der Waals surface area contributed by atoms with Crippen molar-refractivity contribution in [3.05, 3.63) is 29.8 Å². The molecule has 1 rings (SSSR count). The lowest BCUT2D eigenvalue weighted by molar-refractivity contribution is 0.0754. The third-order valence-electron chi connectivity index (χ3n) is 2.75. The van der Waals surface area contributed by atoms with Crippen LogP contribution in [0.5, 0.6) is 0 Å². The lowest BCUT2D eigenvalue weighted by atomic mass is 10.1. The Labute approximate surface area is 115 Å². The summed E-state index contributed by atoms with van der Waals surface area (Å²) in [5, 5.41) is 5.95. The van der Waals surface area contributed by atoms with E-state index in [1.165, 1.54) is 0 Å². The molecule has 0 atom stereocenters. The maximum absolute atomic E-state index is 12.0. The summed E-state index contributed by atoms with van der Waals surface area (Å²) in [6, 6.07) is 7.49. The Kier molecular flexibility index (Phi) is 6.97. The number of unbranched alkanes of at least 4 members (excludes halogenated alkanes) is 1. The number of hydrogen-bond acceptors (Lipinski definition) is 3. The SMILES string of the molecule is CNc1ccccc1C(=O)NCCCCOC(C)C. The van der Waals surface area contributed by atoms with Gasteiger partial charge in [0.25, 0.3) is 5.91 Å². The molecule has 1 amide bonds. The van der Waals surface area contributed by atoms with Crippen LogP contribution in [0.15, 0.2) is 24.3 Å². The fraction of sp³-hybridized carbons (Fsp3) is 0.533. The predicted molar refractivity (Wildman–Crippen MR) is 78.6 cm³/mol. The van der Waals surface area contributed by atoms with Crippen molar-refractivity contribution in [3.8, 4) is 0 Å². The van der Waals surface area contributed by atoms with Crippen LogP contribution in [-0.4, -0.2) is 32.2 Å². The zero-order valence-electron chi connectivity index (χ0n) is 12.0. The second kappa shape index (κ2) is 8.53. The number of carbonyl (C=O) groups excluding carboxylic acids is 1. The van der Waals surface area contributed by atoms with Crippen molar-refractivity contribution in [2.75, 3.05) is 25.5 Å². The van der Waals surface area contributed by atoms with Crippen LogP contribution in [0.1, 0.15) is 37.0 Å². The molecule has 0 saturated heterocycles. The average molecular weight is 264 g/mol. The first-order valence-corrected chi connectivity index (χ1v) is 6.81. The number of rotatable bonds is 8. The molecule has 0 aliphatic rings. The van der Waals surface area contributed by atoms with Crippen LogP contribution in [-0.2, 0) is 4.74 Å². The van der Waals surface area contributed by atoms with Crippen LogP contribution in [0.4, 0.5) is 5.69 Å². The second-order valence-corrected chi connectivity index (χ2v) is 4.68. The van der Waals surface area contributed by atoms with Crippen molar-refractivity contribution in [2.24, 2.45) is 0 Å². The fourth-order valence-corrected chi connectivity index (χ4v) is 1.74. The van der Waals surface area contributed by atoms with E-state index in [2.05, 4.69) is 10.6 Å². The van der Waals surface area contributed by atoms with E-state index < -0.39 is 0 Å². The Morgan fingerprint density at radius 2 is 2.00 bits per heavy atom. The first kappa shape index (κ1) is 15.5. The molecule has 4 heteroatoms. The Morgan fingerprint density at radius 1 is 1.26 bits per heavy atom. The summed E-state index contributed by atoms with van der Waals surface area (Å²) in [6.07, 6.45) is 2.17. The third kappa shape index (κ3) is 5.75. The van der Waals surface area contributed by atoms with E-state index in [9.17, 15) is 4.79 Å². The van der Waals surface area contributed by atoms with Crippen molar-refractivity contribution < 1.29 is 9.53 Å². The average Bonchev–Trinajstić information content (AvgIpc) is 2.42. The quantitative estimate of drug-likeness (QED) is 0.710. The van der Waals surface area contributed by atoms with Crippen molar-refractivity contribution in [2.45, 2.75) is 32.8 Å². The zero-order chi connectivity index (χ0) is 14.1. The van der Waals surface area contributed by atoms with Crippen molar-refractivity contribution in [1.29, 1.82) is 0 Å². The first-order chi connectivity index (χ1) is 9.15. The summed E-state index contributed by atoms with van der Waals surface area (Å²) in [5.41, 5.74) is 1.53. The molecule has 0 bridgehead atoms. The lowest BCUT2D eigenvalue weighted by Crippen LogP contribution is -2.25. The number of para-hydroxylation sites is 1. The van der Waals surface area contributed by atoms with Gasteiger partial charge in [-0.2, -0.15) is 0 Å². The summed E-state index contributed by atoms with van der Waals surface area (Å²) in [7, 11) is 1.81. The van der Waals surface area contributed by atoms with E-state index in [4.69, 9.17) is 4.74 Å². The molecule has 0 heterocycles. The van der Waals surface area contributed by atoms with Crippen molar-refractivity contribution in [3.63, 3.8) is 0 Å². The molecule has 0 aromatic heterocycles. The molecule has 0 aliphatic heterocycles. The molecule has 0 spiro atoms. The number of nitrogens with one attached hydrogen (secondary N) is 2. The van der Waals surface area contributed by atoms with Gasteiger partial charge in [0.15, 0.2) is 0 Å². The predicted octanol–water partition coefficient (Wildman–Crippen LogP) is 2.66. The summed E-state index contributed by atoms with van der Waals surface area (Å²) < 4.78 is 5.45. The van der Waals surface area contributed by atoms with E-state index in [-0.39, 0.29) is 12.0 Å². The van der Waals surface area contributed by atoms with Crippen LogP contribution in [0.2, 0.25) is 0 Å². The molecule has 19 heavy (non-hydrogen) atoms. The van der Waals surface area contributed by atoms with Crippen molar-refractivity contribution >= 4 is 11.6 Å². The Balaban J connectivity index is 2.28. The molecule has 1 aromatic carbocycles. The monoisotopic (exact) mass is 264 g/mol. The highest BCUT2D eigenvalue weighted by molar-refractivity contribution is 5.99. The largest absolute Gasteiger partial charge is 0.387 e. The zero-order valence-corrected chi connectivity index (χ0v) is 12.0. The van der Waals surface area contributed by atoms with Gasteiger partial charge in [-0.3, -0.25) is 4.79 Å². The van der Waals surface area contributed by atoms with Gasteiger partial charge in [-0.1, -0.05) is 12.1 Å². The van der Waals surface area contributed by atoms with Gasteiger partial charge < -0.3 is 15.4 Å². The van der Waals surface area contributed by atoms with Crippen LogP contribution in [0, 0.1) is 0 Å². The van der Waals surface area contributed by atoms with Gasteiger partial charge in [-0.05, 0) is 38.8 Å². The molecule has 0 saturated carbocycles. The van der Waals surface area contributed by atoms with E-state index >= 15 is 0 Å². The van der Waals surface area contributed by atoms with E-state index in [0.29, 0.717) is 12.1 Å². The highest BCUT2D eigenvalue weighted by Crippen LogP contribution is 2.13. The van der Waals surface area contributed by atoms with Crippen molar-refractivity contribution in [1.82, 2.24) is 5.32 Å². The lowest BCUT2D eigenvalue weighted by Gasteiger charge is -2.10. The molecule has 4 nitrogen and oxygen atoms in total. The summed E-state index contributed by atoms with van der Waals surface area (Å²) in [6.45, 7) is 5.48. The number of anilines is 1. The summed E-state index contributed by atoms with van der Waals surface area (Å²) in [4.78, 5) is 12.0. The highest BCUT2D eigenvalue weighted by Gasteiger charge is 2.08. The van der Waals surface area contributed by atoms with Gasteiger partial charge >= 0.3 is 0 Å². The van der Waals surface area contributed by atoms with Crippen LogP contribution >= 0.6 is 0 Å². The molecule has 0 radical (unpaired) electrons. The number of hydrogen-bond donors (Lipinski definition) is 2. The normalized spacial score (nSPS) is 10.5. The highest BCUT2D eigenvalue weighted by atomic mass is 16.5. The summed E-state index contributed by atoms with van der Waals surface area (Å²) in [5.74, 6) is -0.0327. The molecule has 0 unspecified atom stereocenters. The van der Waals surface area contributed by atoms with Gasteiger partial charge in [0.1, 0.15) is 0 Å². The van der Waals surface area contributed by atoms with Gasteiger partial charge in [0.2, 0.25) is 0 Å². The van der Waals surface area contributed by atoms with E-state index in [1.54, 1.807) is 0 Å². The Morgan fingerprint density at radius 3 is 2.68 bits per heavy atom. The van der Waals surface area contributed by atoms with E-state index in [1.807, 2.05) is 45.2 Å². The molecule has 0 aliphatic carbocycles. The molecule has 0 fully saturated rings. The minimum absolute atomic E-state index is 0.0327. The molecule has 1 aromatic rings. The van der Waals surface area contributed by atoms with Crippen LogP contribution < -0.4 is 10.6 Å².